The molecule has 250 valence electrons. The monoisotopic (exact) mass is 684 g/mol. The standard InChI is InChI=1S/C32H38FN6O6PS/c1-8-32(33)26(40)24(44-30(32)39-18-35-25-27(34-7)36-20(3)37-28(25)39)16-43-46(47,38-19(2)29(41)42-17-31(4,5)6)45-23-15-11-13-21-12-9-10-14-22(21)23/h1,9-15,18-19,24,26,30,40H,16-17H2,2-7H3,(H,38,47)(H,34,36,37)/t19-,24+,26+,30+,32+,46-/m0/s1. The van der Waals surface area contributed by atoms with Crippen molar-refractivity contribution in [3.05, 3.63) is 54.6 Å². The number of halogens is 1. The van der Waals surface area contributed by atoms with Gasteiger partial charge in [-0.25, -0.2) is 24.4 Å². The summed E-state index contributed by atoms with van der Waals surface area (Å²) in [6.45, 7) is 5.21. The van der Waals surface area contributed by atoms with E-state index in [1.165, 1.54) is 10.9 Å². The van der Waals surface area contributed by atoms with Crippen LogP contribution in [-0.2, 0) is 30.6 Å². The van der Waals surface area contributed by atoms with Gasteiger partial charge in [0.1, 0.15) is 29.8 Å². The number of aromatic nitrogens is 4. The van der Waals surface area contributed by atoms with E-state index in [4.69, 9.17) is 36.8 Å². The molecule has 47 heavy (non-hydrogen) atoms. The van der Waals surface area contributed by atoms with Gasteiger partial charge in [0.2, 0.25) is 5.67 Å². The van der Waals surface area contributed by atoms with Gasteiger partial charge in [-0.3, -0.25) is 9.36 Å². The summed E-state index contributed by atoms with van der Waals surface area (Å²) in [5, 5.41) is 18.8. The maximum atomic E-state index is 16.5. The number of carbonyl (C=O) groups excluding carboxylic acids is 1. The fraction of sp³-hybridized carbons (Fsp3) is 0.438. The molecular formula is C32H38FN6O6PS. The zero-order valence-electron chi connectivity index (χ0n) is 26.9. The second-order valence-electron chi connectivity index (χ2n) is 12.5. The highest BCUT2D eigenvalue weighted by atomic mass is 32.5. The summed E-state index contributed by atoms with van der Waals surface area (Å²) in [6.07, 6.45) is 2.33. The highest BCUT2D eigenvalue weighted by Crippen LogP contribution is 2.49. The van der Waals surface area contributed by atoms with Gasteiger partial charge in [-0.1, -0.05) is 63.1 Å². The Hall–Kier alpha value is -3.70. The molecule has 3 N–H and O–H groups in total. The van der Waals surface area contributed by atoms with Crippen LogP contribution in [-0.4, -0.2) is 74.8 Å². The van der Waals surface area contributed by atoms with Gasteiger partial charge in [0.25, 0.3) is 0 Å². The molecule has 0 radical (unpaired) electrons. The van der Waals surface area contributed by atoms with Gasteiger partial charge in [0.15, 0.2) is 23.2 Å². The highest BCUT2D eigenvalue weighted by Gasteiger charge is 2.58. The molecule has 1 aliphatic rings. The van der Waals surface area contributed by atoms with Crippen molar-refractivity contribution in [2.24, 2.45) is 5.41 Å². The van der Waals surface area contributed by atoms with Gasteiger partial charge in [-0.15, -0.1) is 6.42 Å². The second kappa shape index (κ2) is 13.4. The Kier molecular flexibility index (Phi) is 9.89. The van der Waals surface area contributed by atoms with Crippen LogP contribution in [0.15, 0.2) is 48.8 Å². The minimum Gasteiger partial charge on any atom is -0.464 e. The Morgan fingerprint density at radius 1 is 1.28 bits per heavy atom. The van der Waals surface area contributed by atoms with E-state index in [0.29, 0.717) is 22.9 Å². The molecular weight excluding hydrogens is 646 g/mol. The first-order valence-electron chi connectivity index (χ1n) is 14.9. The lowest BCUT2D eigenvalue weighted by Crippen LogP contribution is -2.42. The molecule has 0 aliphatic carbocycles. The van der Waals surface area contributed by atoms with Crippen molar-refractivity contribution < 1.29 is 32.8 Å². The number of carbonyl (C=O) groups is 1. The predicted octanol–water partition coefficient (Wildman–Crippen LogP) is 4.82. The lowest BCUT2D eigenvalue weighted by molar-refractivity contribution is -0.148. The van der Waals surface area contributed by atoms with Crippen LogP contribution < -0.4 is 14.9 Å². The highest BCUT2D eigenvalue weighted by molar-refractivity contribution is 8.09. The maximum Gasteiger partial charge on any atom is 0.323 e. The smallest absolute Gasteiger partial charge is 0.323 e. The molecule has 1 saturated heterocycles. The molecule has 0 bridgehead atoms. The van der Waals surface area contributed by atoms with E-state index in [1.54, 1.807) is 33.0 Å². The number of hydrogen-bond donors (Lipinski definition) is 3. The normalized spacial score (nSPS) is 23.3. The van der Waals surface area contributed by atoms with Crippen LogP contribution in [0.5, 0.6) is 5.75 Å². The molecule has 1 fully saturated rings. The Morgan fingerprint density at radius 3 is 2.70 bits per heavy atom. The fourth-order valence-corrected chi connectivity index (χ4v) is 7.47. The minimum atomic E-state index is -3.62. The number of imidazole rings is 1. The lowest BCUT2D eigenvalue weighted by atomic mass is 9.97. The van der Waals surface area contributed by atoms with E-state index < -0.39 is 49.4 Å². The van der Waals surface area contributed by atoms with E-state index in [-0.39, 0.29) is 17.7 Å². The molecule has 0 spiro atoms. The average molecular weight is 685 g/mol. The van der Waals surface area contributed by atoms with Gasteiger partial charge in [0, 0.05) is 12.4 Å². The van der Waals surface area contributed by atoms with Crippen molar-refractivity contribution in [3.8, 4) is 18.1 Å². The van der Waals surface area contributed by atoms with Crippen molar-refractivity contribution in [1.82, 2.24) is 24.6 Å². The third kappa shape index (κ3) is 7.26. The number of aliphatic hydroxyl groups is 1. The number of nitrogens with zero attached hydrogens (tertiary/aromatic N) is 4. The topological polar surface area (TPSA) is 142 Å². The Bertz CT molecular complexity index is 1870. The van der Waals surface area contributed by atoms with Crippen molar-refractivity contribution >= 4 is 52.2 Å². The largest absolute Gasteiger partial charge is 0.464 e. The summed E-state index contributed by atoms with van der Waals surface area (Å²) < 4.78 is 41.8. The number of alkyl halides is 1. The third-order valence-electron chi connectivity index (χ3n) is 7.42. The molecule has 2 aromatic heterocycles. The molecule has 3 heterocycles. The van der Waals surface area contributed by atoms with Gasteiger partial charge in [-0.05, 0) is 42.5 Å². The molecule has 0 unspecified atom stereocenters. The SMILES string of the molecule is C#C[C@@]1(F)[C@H](O)[C@@H](CO[P@@](=S)(N[C@@H](C)C(=O)OCC(C)(C)C)Oc2cccc3ccccc23)O[C@H]1n1cnc2c(NC)nc(C)nc21. The summed E-state index contributed by atoms with van der Waals surface area (Å²) >= 11 is 5.91. The number of fused-ring (bicyclic) bond motifs is 2. The molecule has 4 aromatic rings. The van der Waals surface area contributed by atoms with Crippen LogP contribution in [0.1, 0.15) is 39.7 Å². The zero-order valence-corrected chi connectivity index (χ0v) is 28.6. The van der Waals surface area contributed by atoms with Crippen LogP contribution in [0.25, 0.3) is 21.9 Å². The number of rotatable bonds is 11. The molecule has 1 aliphatic heterocycles. The number of ether oxygens (including phenoxy) is 2. The second-order valence-corrected chi connectivity index (χ2v) is 15.6. The number of nitrogens with one attached hydrogen (secondary N) is 2. The first kappa shape index (κ1) is 34.6. The van der Waals surface area contributed by atoms with Crippen molar-refractivity contribution in [2.45, 2.75) is 64.8 Å². The van der Waals surface area contributed by atoms with Gasteiger partial charge in [-0.2, -0.15) is 0 Å². The minimum absolute atomic E-state index is 0.184. The molecule has 12 nitrogen and oxygen atoms in total. The van der Waals surface area contributed by atoms with Crippen LogP contribution in [0.4, 0.5) is 10.2 Å². The molecule has 15 heteroatoms. The van der Waals surface area contributed by atoms with Crippen LogP contribution in [0.3, 0.4) is 0 Å². The first-order valence-corrected chi connectivity index (χ1v) is 17.6. The van der Waals surface area contributed by atoms with Crippen molar-refractivity contribution in [1.29, 1.82) is 0 Å². The fourth-order valence-electron chi connectivity index (χ4n) is 5.05. The van der Waals surface area contributed by atoms with Gasteiger partial charge < -0.3 is 28.9 Å². The van der Waals surface area contributed by atoms with E-state index in [1.807, 2.05) is 51.1 Å². The van der Waals surface area contributed by atoms with Crippen molar-refractivity contribution in [2.75, 3.05) is 25.6 Å². The molecule has 0 saturated carbocycles. The van der Waals surface area contributed by atoms with Crippen LogP contribution in [0, 0.1) is 24.7 Å². The summed E-state index contributed by atoms with van der Waals surface area (Å²) in [7, 11) is 1.67. The maximum absolute atomic E-state index is 16.5. The van der Waals surface area contributed by atoms with Gasteiger partial charge in [0.05, 0.1) is 19.5 Å². The first-order chi connectivity index (χ1) is 22.2. The number of aliphatic hydroxyl groups excluding tert-OH is 1. The van der Waals surface area contributed by atoms with E-state index >= 15 is 4.39 Å². The number of hydrogen-bond acceptors (Lipinski definition) is 11. The number of esters is 1. The van der Waals surface area contributed by atoms with Crippen molar-refractivity contribution in [3.63, 3.8) is 0 Å². The summed E-state index contributed by atoms with van der Waals surface area (Å²) in [4.78, 5) is 26.0. The molecule has 0 amide bonds. The van der Waals surface area contributed by atoms with E-state index in [9.17, 15) is 9.90 Å². The van der Waals surface area contributed by atoms with E-state index in [2.05, 4.69) is 31.3 Å². The molecule has 6 atom stereocenters. The molecule has 2 aromatic carbocycles. The summed E-state index contributed by atoms with van der Waals surface area (Å²) in [5.41, 5.74) is -2.33. The summed E-state index contributed by atoms with van der Waals surface area (Å²) in [6, 6.07) is 12.0. The number of aryl methyl sites for hydroxylation is 1. The Morgan fingerprint density at radius 2 is 2.00 bits per heavy atom. The average Bonchev–Trinajstić information content (AvgIpc) is 3.56. The van der Waals surface area contributed by atoms with Crippen LogP contribution >= 0.6 is 6.64 Å². The Labute approximate surface area is 277 Å². The van der Waals surface area contributed by atoms with Crippen LogP contribution in [0.2, 0.25) is 0 Å². The number of benzene rings is 2. The van der Waals surface area contributed by atoms with E-state index in [0.717, 1.165) is 10.8 Å². The lowest BCUT2D eigenvalue weighted by Gasteiger charge is -2.28. The quantitative estimate of drug-likeness (QED) is 0.113. The predicted molar refractivity (Wildman–Crippen MR) is 180 cm³/mol. The number of anilines is 1. The summed E-state index contributed by atoms with van der Waals surface area (Å²) in [5.74, 6) is 2.75. The Balaban J connectivity index is 1.43. The third-order valence-corrected chi connectivity index (χ3v) is 9.90. The number of terminal acetylenes is 1. The van der Waals surface area contributed by atoms with Gasteiger partial charge >= 0.3 is 12.6 Å². The molecule has 5 rings (SSSR count). The zero-order chi connectivity index (χ0) is 34.1.